The number of amides is 1. The minimum Gasteiger partial charge on any atom is -0.507 e. The van der Waals surface area contributed by atoms with Crippen LogP contribution in [0.2, 0.25) is 0 Å². The molecule has 3 aromatic carbocycles. The maximum absolute atomic E-state index is 13.2. The Labute approximate surface area is 198 Å². The van der Waals surface area contributed by atoms with Gasteiger partial charge >= 0.3 is 0 Å². The molecular formula is C25H26N4O4S. The number of H-pyrrole nitrogens is 1. The lowest BCUT2D eigenvalue weighted by Gasteiger charge is -2.18. The number of aromatic hydroxyl groups is 1. The molecule has 34 heavy (non-hydrogen) atoms. The predicted octanol–water partition coefficient (Wildman–Crippen LogP) is 3.49. The first kappa shape index (κ1) is 23.5. The number of nitrogens with zero attached hydrogens (tertiary/aromatic N) is 2. The molecule has 0 saturated heterocycles. The highest BCUT2D eigenvalue weighted by Crippen LogP contribution is 2.29. The smallest absolute Gasteiger partial charge is 0.261 e. The Morgan fingerprint density at radius 1 is 1.09 bits per heavy atom. The molecule has 0 atom stereocenters. The van der Waals surface area contributed by atoms with E-state index in [-0.39, 0.29) is 23.8 Å². The first-order valence-electron chi connectivity index (χ1n) is 10.7. The van der Waals surface area contributed by atoms with E-state index in [0.717, 1.165) is 34.0 Å². The van der Waals surface area contributed by atoms with E-state index in [2.05, 4.69) is 21.0 Å². The van der Waals surface area contributed by atoms with Gasteiger partial charge in [-0.25, -0.2) is 13.1 Å². The number of fused-ring (bicyclic) bond motifs is 1. The van der Waals surface area contributed by atoms with Gasteiger partial charge < -0.3 is 10.0 Å². The van der Waals surface area contributed by atoms with Crippen LogP contribution in [-0.4, -0.2) is 42.9 Å². The van der Waals surface area contributed by atoms with E-state index >= 15 is 0 Å². The second-order valence-corrected chi connectivity index (χ2v) is 10.2. The van der Waals surface area contributed by atoms with Gasteiger partial charge in [-0.3, -0.25) is 9.89 Å². The van der Waals surface area contributed by atoms with E-state index in [1.165, 1.54) is 11.0 Å². The normalized spacial score (nSPS) is 11.6. The van der Waals surface area contributed by atoms with Gasteiger partial charge in [-0.1, -0.05) is 42.0 Å². The number of sulfonamides is 1. The van der Waals surface area contributed by atoms with E-state index < -0.39 is 10.0 Å². The summed E-state index contributed by atoms with van der Waals surface area (Å²) in [5.74, 6) is -0.506. The van der Waals surface area contributed by atoms with Crippen molar-refractivity contribution < 1.29 is 18.3 Å². The fourth-order valence-electron chi connectivity index (χ4n) is 3.78. The van der Waals surface area contributed by atoms with Crippen molar-refractivity contribution in [1.29, 1.82) is 0 Å². The van der Waals surface area contributed by atoms with Crippen molar-refractivity contribution in [2.45, 2.75) is 19.9 Å². The number of benzene rings is 3. The fourth-order valence-corrected chi connectivity index (χ4v) is 4.21. The van der Waals surface area contributed by atoms with Crippen LogP contribution in [0.4, 0.5) is 5.69 Å². The summed E-state index contributed by atoms with van der Waals surface area (Å²) in [4.78, 5) is 14.7. The number of anilines is 1. The Morgan fingerprint density at radius 2 is 1.82 bits per heavy atom. The summed E-state index contributed by atoms with van der Waals surface area (Å²) in [6.45, 7) is 2.20. The van der Waals surface area contributed by atoms with Gasteiger partial charge in [-0.05, 0) is 36.2 Å². The first-order chi connectivity index (χ1) is 16.1. The third kappa shape index (κ3) is 5.27. The molecule has 4 aromatic rings. The third-order valence-corrected chi connectivity index (χ3v) is 6.28. The lowest BCUT2D eigenvalue weighted by molar-refractivity contribution is 0.0990. The number of rotatable bonds is 7. The van der Waals surface area contributed by atoms with Gasteiger partial charge in [0.15, 0.2) is 0 Å². The van der Waals surface area contributed by atoms with Crippen molar-refractivity contribution in [2.75, 3.05) is 18.2 Å². The molecule has 3 N–H and O–H groups in total. The molecule has 0 unspecified atom stereocenters. The van der Waals surface area contributed by atoms with Crippen molar-refractivity contribution >= 4 is 32.5 Å². The Balaban J connectivity index is 1.58. The van der Waals surface area contributed by atoms with Gasteiger partial charge in [0.05, 0.1) is 23.0 Å². The summed E-state index contributed by atoms with van der Waals surface area (Å²) < 4.78 is 25.0. The summed E-state index contributed by atoms with van der Waals surface area (Å²) >= 11 is 0. The molecule has 1 heterocycles. The number of phenols is 1. The molecule has 0 aliphatic carbocycles. The van der Waals surface area contributed by atoms with Gasteiger partial charge in [0.1, 0.15) is 5.75 Å². The number of phenolic OH excluding ortho intramolecular Hbond substituents is 1. The number of nitrogens with one attached hydrogen (secondary N) is 2. The van der Waals surface area contributed by atoms with E-state index in [0.29, 0.717) is 17.6 Å². The second kappa shape index (κ2) is 9.28. The minimum absolute atomic E-state index is 0.135. The van der Waals surface area contributed by atoms with Gasteiger partial charge in [-0.2, -0.15) is 5.10 Å². The molecule has 9 heteroatoms. The summed E-state index contributed by atoms with van der Waals surface area (Å²) in [6.07, 6.45) is 1.70. The summed E-state index contributed by atoms with van der Waals surface area (Å²) in [5, 5.41) is 18.7. The molecule has 176 valence electrons. The molecule has 8 nitrogen and oxygen atoms in total. The Hall–Kier alpha value is -3.69. The molecular weight excluding hydrogens is 452 g/mol. The van der Waals surface area contributed by atoms with Crippen molar-refractivity contribution in [1.82, 2.24) is 14.9 Å². The van der Waals surface area contributed by atoms with Crippen LogP contribution in [0.5, 0.6) is 5.75 Å². The summed E-state index contributed by atoms with van der Waals surface area (Å²) in [6, 6.07) is 18.3. The Bertz CT molecular complexity index is 1460. The quantitative estimate of drug-likeness (QED) is 0.376. The summed E-state index contributed by atoms with van der Waals surface area (Å²) in [7, 11) is -1.67. The van der Waals surface area contributed by atoms with E-state index in [4.69, 9.17) is 0 Å². The predicted molar refractivity (Wildman–Crippen MR) is 133 cm³/mol. The SMILES string of the molecule is Cc1cccc(Cc2n[nH]c3cc(O)c(C(=O)N(C)c4ccc(CNS(C)(=O)=O)cc4)cc23)c1. The molecule has 0 saturated carbocycles. The zero-order chi connectivity index (χ0) is 24.5. The maximum atomic E-state index is 13.2. The number of carbonyl (C=O) groups excluding carboxylic acids is 1. The van der Waals surface area contributed by atoms with Crippen LogP contribution in [0.25, 0.3) is 10.9 Å². The standard InChI is InChI=1S/C25H26N4O4S/c1-16-5-4-6-18(11-16)12-22-20-13-21(24(30)14-23(20)28-27-22)25(31)29(2)19-9-7-17(8-10-19)15-26-34(3,32)33/h4-11,13-14,26,30H,12,15H2,1-3H3,(H,27,28). The van der Waals surface area contributed by atoms with Crippen LogP contribution in [0.15, 0.2) is 60.7 Å². The second-order valence-electron chi connectivity index (χ2n) is 8.37. The van der Waals surface area contributed by atoms with Gasteiger partial charge in [0.2, 0.25) is 10.0 Å². The van der Waals surface area contributed by atoms with Crippen molar-refractivity contribution in [3.63, 3.8) is 0 Å². The van der Waals surface area contributed by atoms with Gasteiger partial charge in [0.25, 0.3) is 5.91 Å². The van der Waals surface area contributed by atoms with Crippen molar-refractivity contribution in [3.8, 4) is 5.75 Å². The highest BCUT2D eigenvalue weighted by molar-refractivity contribution is 7.88. The van der Waals surface area contributed by atoms with Crippen LogP contribution in [-0.2, 0) is 23.0 Å². The van der Waals surface area contributed by atoms with Crippen LogP contribution in [0.1, 0.15) is 32.7 Å². The largest absolute Gasteiger partial charge is 0.507 e. The zero-order valence-corrected chi connectivity index (χ0v) is 20.0. The van der Waals surface area contributed by atoms with Gasteiger partial charge in [0, 0.05) is 37.2 Å². The number of aromatic amines is 1. The average molecular weight is 479 g/mol. The first-order valence-corrected chi connectivity index (χ1v) is 12.6. The molecule has 0 fully saturated rings. The number of aryl methyl sites for hydroxylation is 1. The summed E-state index contributed by atoms with van der Waals surface area (Å²) in [5.41, 5.74) is 5.26. The van der Waals surface area contributed by atoms with Crippen LogP contribution in [0.3, 0.4) is 0 Å². The zero-order valence-electron chi connectivity index (χ0n) is 19.2. The lowest BCUT2D eigenvalue weighted by atomic mass is 10.0. The average Bonchev–Trinajstić information content (AvgIpc) is 3.17. The molecule has 1 amide bonds. The van der Waals surface area contributed by atoms with Crippen molar-refractivity contribution in [3.05, 3.63) is 88.6 Å². The number of carbonyl (C=O) groups is 1. The van der Waals surface area contributed by atoms with Crippen LogP contribution in [0, 0.1) is 6.92 Å². The molecule has 4 rings (SSSR count). The topological polar surface area (TPSA) is 115 Å². The molecule has 0 spiro atoms. The van der Waals surface area contributed by atoms with Gasteiger partial charge in [-0.15, -0.1) is 0 Å². The lowest BCUT2D eigenvalue weighted by Crippen LogP contribution is -2.26. The fraction of sp³-hybridized carbons (Fsp3) is 0.200. The molecule has 0 aliphatic rings. The maximum Gasteiger partial charge on any atom is 0.261 e. The van der Waals surface area contributed by atoms with Crippen LogP contribution < -0.4 is 9.62 Å². The van der Waals surface area contributed by atoms with Crippen LogP contribution >= 0.6 is 0 Å². The molecule has 0 bridgehead atoms. The molecule has 0 radical (unpaired) electrons. The van der Waals surface area contributed by atoms with Crippen molar-refractivity contribution in [2.24, 2.45) is 0 Å². The molecule has 1 aromatic heterocycles. The van der Waals surface area contributed by atoms with E-state index in [1.54, 1.807) is 37.4 Å². The number of aromatic nitrogens is 2. The minimum atomic E-state index is -3.29. The van der Waals surface area contributed by atoms with E-state index in [9.17, 15) is 18.3 Å². The van der Waals surface area contributed by atoms with E-state index in [1.807, 2.05) is 25.1 Å². The highest BCUT2D eigenvalue weighted by Gasteiger charge is 2.20. The Kier molecular flexibility index (Phi) is 6.41. The third-order valence-electron chi connectivity index (χ3n) is 5.61. The number of hydrogen-bond acceptors (Lipinski definition) is 5. The molecule has 0 aliphatic heterocycles. The highest BCUT2D eigenvalue weighted by atomic mass is 32.2. The number of hydrogen-bond donors (Lipinski definition) is 3. The Morgan fingerprint density at radius 3 is 2.50 bits per heavy atom. The monoisotopic (exact) mass is 478 g/mol.